The predicted octanol–water partition coefficient (Wildman–Crippen LogP) is 5.99. The summed E-state index contributed by atoms with van der Waals surface area (Å²) in [5, 5.41) is 19.3. The number of Topliss-reactive ketones (excluding diaryl/α,β-unsaturated/α-hetero) is 1. The van der Waals surface area contributed by atoms with Crippen molar-refractivity contribution in [2.75, 3.05) is 13.2 Å². The molecule has 0 radical (unpaired) electrons. The summed E-state index contributed by atoms with van der Waals surface area (Å²) in [6.45, 7) is 6.08. The highest BCUT2D eigenvalue weighted by Gasteiger charge is 2.14. The molecule has 0 bridgehead atoms. The van der Waals surface area contributed by atoms with E-state index in [0.717, 1.165) is 32.1 Å². The Kier molecular flexibility index (Phi) is 9.18. The summed E-state index contributed by atoms with van der Waals surface area (Å²) in [5.41, 5.74) is 3.10. The zero-order valence-corrected chi connectivity index (χ0v) is 20.2. The van der Waals surface area contributed by atoms with Gasteiger partial charge in [-0.05, 0) is 53.1 Å². The maximum Gasteiger partial charge on any atom is 0.170 e. The molecule has 0 aromatic heterocycles. The highest BCUT2D eigenvalue weighted by molar-refractivity contribution is 9.11. The molecule has 1 atom stereocenters. The van der Waals surface area contributed by atoms with Gasteiger partial charge >= 0.3 is 0 Å². The smallest absolute Gasteiger partial charge is 0.170 e. The van der Waals surface area contributed by atoms with E-state index in [4.69, 9.17) is 4.74 Å². The van der Waals surface area contributed by atoms with Crippen molar-refractivity contribution in [2.45, 2.75) is 46.0 Å². The fraction of sp³-hybridized carbons (Fsp3) is 0.435. The summed E-state index contributed by atoms with van der Waals surface area (Å²) in [6, 6.07) is 9.42. The van der Waals surface area contributed by atoms with E-state index >= 15 is 0 Å². The molecule has 0 amide bonds. The van der Waals surface area contributed by atoms with E-state index in [1.807, 2.05) is 31.2 Å². The van der Waals surface area contributed by atoms with E-state index in [9.17, 15) is 15.0 Å². The molecular weight excluding hydrogens is 500 g/mol. The van der Waals surface area contributed by atoms with Gasteiger partial charge in [-0.15, -0.1) is 0 Å². The zero-order valence-electron chi connectivity index (χ0n) is 17.0. The molecule has 2 aromatic carbocycles. The van der Waals surface area contributed by atoms with E-state index in [-0.39, 0.29) is 30.8 Å². The number of rotatable bonds is 10. The van der Waals surface area contributed by atoms with Crippen LogP contribution in [0.2, 0.25) is 0 Å². The number of phenolic OH excluding ortho intramolecular Hbond substituents is 1. The Balaban J connectivity index is 2.10. The second kappa shape index (κ2) is 11.1. The van der Waals surface area contributed by atoms with Crippen molar-refractivity contribution in [3.8, 4) is 11.5 Å². The summed E-state index contributed by atoms with van der Waals surface area (Å²) in [4.78, 5) is 12.1. The van der Waals surface area contributed by atoms with E-state index in [1.165, 1.54) is 0 Å². The molecule has 0 spiro atoms. The molecule has 2 aromatic rings. The van der Waals surface area contributed by atoms with Gasteiger partial charge in [-0.3, -0.25) is 4.79 Å². The summed E-state index contributed by atoms with van der Waals surface area (Å²) in [5.74, 6) is 1.14. The number of carbonyl (C=O) groups is 1. The molecule has 0 aliphatic rings. The molecule has 0 aliphatic heterocycles. The lowest BCUT2D eigenvalue weighted by atomic mass is 9.96. The number of carbonyl (C=O) groups excluding carboxylic acids is 1. The first-order chi connectivity index (χ1) is 13.7. The van der Waals surface area contributed by atoms with Gasteiger partial charge in [0.25, 0.3) is 0 Å². The molecule has 158 valence electrons. The average molecular weight is 528 g/mol. The first kappa shape index (κ1) is 23.9. The molecule has 0 saturated carbocycles. The third-order valence-corrected chi connectivity index (χ3v) is 6.38. The van der Waals surface area contributed by atoms with Crippen molar-refractivity contribution in [3.05, 3.63) is 56.0 Å². The largest absolute Gasteiger partial charge is 0.508 e. The topological polar surface area (TPSA) is 66.8 Å². The van der Waals surface area contributed by atoms with Crippen LogP contribution in [-0.2, 0) is 11.2 Å². The molecule has 0 saturated heterocycles. The monoisotopic (exact) mass is 526 g/mol. The molecule has 2 rings (SSSR count). The molecule has 0 heterocycles. The SMILES string of the molecule is CCC(CO)CC(=O)COc1cc(Br)c(Cc2ccc(O)c(C(C)C)c2)c(Br)c1. The Bertz CT molecular complexity index is 822. The number of phenols is 1. The van der Waals surface area contributed by atoms with Crippen molar-refractivity contribution in [3.63, 3.8) is 0 Å². The number of ether oxygens (including phenoxy) is 1. The van der Waals surface area contributed by atoms with Gasteiger partial charge in [0.15, 0.2) is 5.78 Å². The lowest BCUT2D eigenvalue weighted by molar-refractivity contribution is -0.122. The van der Waals surface area contributed by atoms with Crippen LogP contribution >= 0.6 is 31.9 Å². The Morgan fingerprint density at radius 1 is 1.14 bits per heavy atom. The third-order valence-electron chi connectivity index (χ3n) is 4.96. The number of ketones is 1. The van der Waals surface area contributed by atoms with Crippen LogP contribution in [0.4, 0.5) is 0 Å². The number of aromatic hydroxyl groups is 1. The number of hydrogen-bond acceptors (Lipinski definition) is 4. The van der Waals surface area contributed by atoms with Gasteiger partial charge in [-0.25, -0.2) is 0 Å². The molecule has 29 heavy (non-hydrogen) atoms. The molecule has 1 unspecified atom stereocenters. The quantitative estimate of drug-likeness (QED) is 0.398. The lowest BCUT2D eigenvalue weighted by Crippen LogP contribution is -2.17. The molecule has 4 nitrogen and oxygen atoms in total. The van der Waals surface area contributed by atoms with E-state index in [1.54, 1.807) is 6.07 Å². The molecule has 2 N–H and O–H groups in total. The van der Waals surface area contributed by atoms with E-state index in [0.29, 0.717) is 24.3 Å². The standard InChI is InChI=1S/C23H28Br2O4/c1-4-15(12-26)7-17(27)13-29-18-10-21(24)20(22(25)11-18)9-16-5-6-23(28)19(8-16)14(2)3/h5-6,8,10-11,14-15,26,28H,4,7,9,12-13H2,1-3H3. The van der Waals surface area contributed by atoms with Gasteiger partial charge < -0.3 is 14.9 Å². The van der Waals surface area contributed by atoms with Gasteiger partial charge in [0.1, 0.15) is 18.1 Å². The number of halogens is 2. The highest BCUT2D eigenvalue weighted by Crippen LogP contribution is 2.34. The lowest BCUT2D eigenvalue weighted by Gasteiger charge is -2.14. The van der Waals surface area contributed by atoms with Crippen molar-refractivity contribution >= 4 is 37.6 Å². The Morgan fingerprint density at radius 3 is 2.34 bits per heavy atom. The fourth-order valence-electron chi connectivity index (χ4n) is 3.10. The van der Waals surface area contributed by atoms with Gasteiger partial charge in [-0.1, -0.05) is 71.2 Å². The van der Waals surface area contributed by atoms with Crippen LogP contribution in [-0.4, -0.2) is 29.2 Å². The summed E-state index contributed by atoms with van der Waals surface area (Å²) in [6.07, 6.45) is 1.78. The van der Waals surface area contributed by atoms with Crippen LogP contribution in [0.5, 0.6) is 11.5 Å². The highest BCUT2D eigenvalue weighted by atomic mass is 79.9. The van der Waals surface area contributed by atoms with Crippen LogP contribution in [0.1, 0.15) is 56.2 Å². The van der Waals surface area contributed by atoms with Gasteiger partial charge in [0.2, 0.25) is 0 Å². The second-order valence-corrected chi connectivity index (χ2v) is 9.29. The van der Waals surface area contributed by atoms with Gasteiger partial charge in [0, 0.05) is 22.0 Å². The van der Waals surface area contributed by atoms with Crippen molar-refractivity contribution < 1.29 is 19.7 Å². The van der Waals surface area contributed by atoms with Crippen LogP contribution in [0.25, 0.3) is 0 Å². The number of aliphatic hydroxyl groups is 1. The minimum Gasteiger partial charge on any atom is -0.508 e. The van der Waals surface area contributed by atoms with Crippen molar-refractivity contribution in [1.82, 2.24) is 0 Å². The van der Waals surface area contributed by atoms with Gasteiger partial charge in [-0.2, -0.15) is 0 Å². The average Bonchev–Trinajstić information content (AvgIpc) is 2.68. The summed E-state index contributed by atoms with van der Waals surface area (Å²) >= 11 is 7.22. The summed E-state index contributed by atoms with van der Waals surface area (Å²) in [7, 11) is 0. The number of hydrogen-bond donors (Lipinski definition) is 2. The number of aliphatic hydroxyl groups excluding tert-OH is 1. The van der Waals surface area contributed by atoms with Crippen LogP contribution in [0, 0.1) is 5.92 Å². The van der Waals surface area contributed by atoms with Crippen LogP contribution < -0.4 is 4.74 Å². The maximum absolute atomic E-state index is 12.1. The number of benzene rings is 2. The van der Waals surface area contributed by atoms with Crippen LogP contribution in [0.3, 0.4) is 0 Å². The normalized spacial score (nSPS) is 12.2. The first-order valence-corrected chi connectivity index (χ1v) is 11.4. The zero-order chi connectivity index (χ0) is 21.6. The Morgan fingerprint density at radius 2 is 1.79 bits per heavy atom. The Hall–Kier alpha value is -1.37. The molecule has 0 aliphatic carbocycles. The molecular formula is C23H28Br2O4. The van der Waals surface area contributed by atoms with E-state index < -0.39 is 0 Å². The third kappa shape index (κ3) is 6.83. The molecule has 6 heteroatoms. The fourth-order valence-corrected chi connectivity index (χ4v) is 4.52. The Labute approximate surface area is 189 Å². The second-order valence-electron chi connectivity index (χ2n) is 7.58. The minimum absolute atomic E-state index is 0.00649. The van der Waals surface area contributed by atoms with E-state index in [2.05, 4.69) is 45.7 Å². The summed E-state index contributed by atoms with van der Waals surface area (Å²) < 4.78 is 7.44. The van der Waals surface area contributed by atoms with Crippen molar-refractivity contribution in [2.24, 2.45) is 5.92 Å². The maximum atomic E-state index is 12.1. The predicted molar refractivity (Wildman–Crippen MR) is 123 cm³/mol. The minimum atomic E-state index is -0.0208. The van der Waals surface area contributed by atoms with Gasteiger partial charge in [0.05, 0.1) is 0 Å². The van der Waals surface area contributed by atoms with Crippen molar-refractivity contribution in [1.29, 1.82) is 0 Å². The van der Waals surface area contributed by atoms with Crippen LogP contribution in [0.15, 0.2) is 39.3 Å². The first-order valence-electron chi connectivity index (χ1n) is 9.80. The molecule has 0 fully saturated rings.